The fourth-order valence-corrected chi connectivity index (χ4v) is 2.52. The van der Waals surface area contributed by atoms with Crippen LogP contribution in [0.5, 0.6) is 0 Å². The molecule has 0 bridgehead atoms. The van der Waals surface area contributed by atoms with Gasteiger partial charge < -0.3 is 19.3 Å². The van der Waals surface area contributed by atoms with Gasteiger partial charge in [0.05, 0.1) is 6.26 Å². The second-order valence-electron chi connectivity index (χ2n) is 5.35. The summed E-state index contributed by atoms with van der Waals surface area (Å²) in [7, 11) is 0. The summed E-state index contributed by atoms with van der Waals surface area (Å²) in [6.07, 6.45) is 4.70. The molecule has 3 heterocycles. The van der Waals surface area contributed by atoms with Gasteiger partial charge in [-0.25, -0.2) is 9.78 Å². The molecule has 0 unspecified atom stereocenters. The molecule has 0 aliphatic carbocycles. The number of hydrogen-bond acceptors (Lipinski definition) is 5. The van der Waals surface area contributed by atoms with E-state index in [-0.39, 0.29) is 11.6 Å². The van der Waals surface area contributed by atoms with Crippen molar-refractivity contribution in [3.8, 4) is 0 Å². The van der Waals surface area contributed by atoms with E-state index in [4.69, 9.17) is 9.52 Å². The summed E-state index contributed by atoms with van der Waals surface area (Å²) in [6.45, 7) is 2.33. The van der Waals surface area contributed by atoms with Gasteiger partial charge in [0.25, 0.3) is 0 Å². The summed E-state index contributed by atoms with van der Waals surface area (Å²) in [4.78, 5) is 31.0. The van der Waals surface area contributed by atoms with Crippen molar-refractivity contribution >= 4 is 23.8 Å². The van der Waals surface area contributed by atoms with E-state index in [0.29, 0.717) is 37.8 Å². The molecule has 2 aromatic heterocycles. The van der Waals surface area contributed by atoms with Crippen LogP contribution in [-0.4, -0.2) is 53.0 Å². The second-order valence-corrected chi connectivity index (χ2v) is 5.35. The lowest BCUT2D eigenvalue weighted by Gasteiger charge is -2.35. The molecular formula is C17H17N3O4. The lowest BCUT2D eigenvalue weighted by Crippen LogP contribution is -2.48. The lowest BCUT2D eigenvalue weighted by atomic mass is 10.2. The predicted octanol–water partition coefficient (Wildman–Crippen LogP) is 1.73. The summed E-state index contributed by atoms with van der Waals surface area (Å²) < 4.78 is 5.15. The van der Waals surface area contributed by atoms with Crippen LogP contribution in [0.2, 0.25) is 0 Å². The molecule has 0 saturated carbocycles. The van der Waals surface area contributed by atoms with Crippen molar-refractivity contribution in [2.75, 3.05) is 31.1 Å². The van der Waals surface area contributed by atoms with Crippen molar-refractivity contribution in [3.63, 3.8) is 0 Å². The van der Waals surface area contributed by atoms with Crippen LogP contribution in [0.4, 0.5) is 5.82 Å². The van der Waals surface area contributed by atoms with Crippen molar-refractivity contribution in [1.29, 1.82) is 0 Å². The zero-order valence-electron chi connectivity index (χ0n) is 13.0. The van der Waals surface area contributed by atoms with E-state index in [1.807, 2.05) is 4.90 Å². The molecule has 1 aliphatic rings. The van der Waals surface area contributed by atoms with Gasteiger partial charge in [0.2, 0.25) is 5.91 Å². The summed E-state index contributed by atoms with van der Waals surface area (Å²) in [5, 5.41) is 9.01. The van der Waals surface area contributed by atoms with Crippen LogP contribution in [0.15, 0.2) is 47.1 Å². The first-order valence-corrected chi connectivity index (χ1v) is 7.59. The highest BCUT2D eigenvalue weighted by atomic mass is 16.4. The Labute approximate surface area is 138 Å². The highest BCUT2D eigenvalue weighted by Gasteiger charge is 2.21. The van der Waals surface area contributed by atoms with Gasteiger partial charge >= 0.3 is 5.97 Å². The Morgan fingerprint density at radius 2 is 1.92 bits per heavy atom. The Balaban J connectivity index is 1.58. The second kappa shape index (κ2) is 6.99. The average molecular weight is 327 g/mol. The minimum Gasteiger partial charge on any atom is -0.477 e. The Kier molecular flexibility index (Phi) is 4.60. The lowest BCUT2D eigenvalue weighted by molar-refractivity contribution is -0.126. The van der Waals surface area contributed by atoms with Gasteiger partial charge in [-0.05, 0) is 30.3 Å². The average Bonchev–Trinajstić information content (AvgIpc) is 3.13. The highest BCUT2D eigenvalue weighted by Crippen LogP contribution is 2.15. The Bertz CT molecular complexity index is 747. The number of pyridine rings is 1. The van der Waals surface area contributed by atoms with Gasteiger partial charge in [-0.15, -0.1) is 0 Å². The summed E-state index contributed by atoms with van der Waals surface area (Å²) in [6, 6.07) is 8.46. The molecule has 0 radical (unpaired) electrons. The van der Waals surface area contributed by atoms with Crippen molar-refractivity contribution in [2.24, 2.45) is 0 Å². The molecule has 1 saturated heterocycles. The first-order valence-electron chi connectivity index (χ1n) is 7.59. The first kappa shape index (κ1) is 15.8. The maximum atomic E-state index is 12.2. The smallest absolute Gasteiger partial charge is 0.354 e. The summed E-state index contributed by atoms with van der Waals surface area (Å²) in [5.41, 5.74) is 0.0207. The third-order valence-corrected chi connectivity index (χ3v) is 3.80. The minimum atomic E-state index is -1.05. The van der Waals surface area contributed by atoms with Crippen LogP contribution < -0.4 is 4.90 Å². The standard InChI is InChI=1S/C17H17N3O4/c21-16(7-6-13-3-2-12-24-13)20-10-8-19(9-11-20)15-5-1-4-14(18-15)17(22)23/h1-7,12H,8-11H2,(H,22,23)/b7-6+. The monoisotopic (exact) mass is 327 g/mol. The zero-order valence-corrected chi connectivity index (χ0v) is 13.0. The molecule has 1 N–H and O–H groups in total. The van der Waals surface area contributed by atoms with Gasteiger partial charge in [-0.3, -0.25) is 4.79 Å². The van der Waals surface area contributed by atoms with Gasteiger partial charge in [-0.1, -0.05) is 6.07 Å². The number of nitrogens with zero attached hydrogens (tertiary/aromatic N) is 3. The van der Waals surface area contributed by atoms with Crippen molar-refractivity contribution < 1.29 is 19.1 Å². The summed E-state index contributed by atoms with van der Waals surface area (Å²) in [5.74, 6) is 0.136. The van der Waals surface area contributed by atoms with Crippen LogP contribution in [0.3, 0.4) is 0 Å². The molecule has 1 aliphatic heterocycles. The number of hydrogen-bond donors (Lipinski definition) is 1. The van der Waals surface area contributed by atoms with Gasteiger partial charge in [0, 0.05) is 32.3 Å². The molecule has 124 valence electrons. The molecule has 24 heavy (non-hydrogen) atoms. The number of amides is 1. The van der Waals surface area contributed by atoms with Crippen LogP contribution in [0.1, 0.15) is 16.2 Å². The number of anilines is 1. The number of aromatic carboxylic acids is 1. The largest absolute Gasteiger partial charge is 0.477 e. The number of piperazine rings is 1. The SMILES string of the molecule is O=C(O)c1cccc(N2CCN(C(=O)/C=C/c3ccco3)CC2)n1. The molecular weight excluding hydrogens is 310 g/mol. The molecule has 0 atom stereocenters. The first-order chi connectivity index (χ1) is 11.6. The number of carbonyl (C=O) groups excluding carboxylic acids is 1. The maximum Gasteiger partial charge on any atom is 0.354 e. The molecule has 7 heteroatoms. The van der Waals surface area contributed by atoms with E-state index >= 15 is 0 Å². The maximum absolute atomic E-state index is 12.2. The van der Waals surface area contributed by atoms with E-state index in [2.05, 4.69) is 4.98 Å². The Morgan fingerprint density at radius 1 is 1.12 bits per heavy atom. The molecule has 1 amide bonds. The number of aromatic nitrogens is 1. The molecule has 1 fully saturated rings. The topological polar surface area (TPSA) is 86.9 Å². The van der Waals surface area contributed by atoms with E-state index < -0.39 is 5.97 Å². The number of carboxylic acid groups (broad SMARTS) is 1. The van der Waals surface area contributed by atoms with Crippen molar-refractivity contribution in [3.05, 3.63) is 54.1 Å². The van der Waals surface area contributed by atoms with Crippen molar-refractivity contribution in [2.45, 2.75) is 0 Å². The number of carboxylic acids is 1. The van der Waals surface area contributed by atoms with Gasteiger partial charge in [0.15, 0.2) is 5.69 Å². The zero-order chi connectivity index (χ0) is 16.9. The van der Waals surface area contributed by atoms with Gasteiger partial charge in [0.1, 0.15) is 11.6 Å². The third-order valence-electron chi connectivity index (χ3n) is 3.80. The number of rotatable bonds is 4. The normalized spacial score (nSPS) is 15.0. The Hall–Kier alpha value is -3.09. The van der Waals surface area contributed by atoms with E-state index in [0.717, 1.165) is 0 Å². The number of carbonyl (C=O) groups is 2. The fraction of sp³-hybridized carbons (Fsp3) is 0.235. The Morgan fingerprint density at radius 3 is 2.58 bits per heavy atom. The third kappa shape index (κ3) is 3.62. The number of furan rings is 1. The van der Waals surface area contributed by atoms with Crippen molar-refractivity contribution in [1.82, 2.24) is 9.88 Å². The summed E-state index contributed by atoms with van der Waals surface area (Å²) >= 11 is 0. The van der Waals surface area contributed by atoms with Crippen LogP contribution in [-0.2, 0) is 4.79 Å². The minimum absolute atomic E-state index is 0.0207. The fourth-order valence-electron chi connectivity index (χ4n) is 2.52. The van der Waals surface area contributed by atoms with E-state index in [1.165, 1.54) is 12.1 Å². The molecule has 7 nitrogen and oxygen atoms in total. The van der Waals surface area contributed by atoms with Crippen LogP contribution in [0, 0.1) is 0 Å². The molecule has 0 aromatic carbocycles. The molecule has 2 aromatic rings. The van der Waals surface area contributed by atoms with E-state index in [9.17, 15) is 9.59 Å². The predicted molar refractivity (Wildman–Crippen MR) is 87.7 cm³/mol. The van der Waals surface area contributed by atoms with E-state index in [1.54, 1.807) is 41.5 Å². The highest BCUT2D eigenvalue weighted by molar-refractivity contribution is 5.91. The molecule has 3 rings (SSSR count). The molecule has 0 spiro atoms. The van der Waals surface area contributed by atoms with Crippen LogP contribution in [0.25, 0.3) is 6.08 Å². The van der Waals surface area contributed by atoms with Gasteiger partial charge in [-0.2, -0.15) is 0 Å². The van der Waals surface area contributed by atoms with Crippen LogP contribution >= 0.6 is 0 Å². The quantitative estimate of drug-likeness (QED) is 0.861.